The van der Waals surface area contributed by atoms with Gasteiger partial charge in [0.25, 0.3) is 5.24 Å². The van der Waals surface area contributed by atoms with Crippen LogP contribution in [-0.2, 0) is 9.59 Å². The molecule has 0 aliphatic carbocycles. The molecule has 1 aliphatic rings. The van der Waals surface area contributed by atoms with Gasteiger partial charge in [0.05, 0.1) is 0 Å². The fourth-order valence-corrected chi connectivity index (χ4v) is 2.30. The molecule has 0 radical (unpaired) electrons. The van der Waals surface area contributed by atoms with Crippen LogP contribution in [-0.4, -0.2) is 52.0 Å². The van der Waals surface area contributed by atoms with Crippen LogP contribution >= 0.6 is 11.8 Å². The van der Waals surface area contributed by atoms with Crippen molar-refractivity contribution in [2.24, 2.45) is 0 Å². The Morgan fingerprint density at radius 3 is 2.69 bits per heavy atom. The van der Waals surface area contributed by atoms with E-state index in [1.165, 1.54) is 11.9 Å². The normalized spacial score (nSPS) is 21.4. The van der Waals surface area contributed by atoms with Crippen molar-refractivity contribution < 1.29 is 19.5 Å². The van der Waals surface area contributed by atoms with Crippen molar-refractivity contribution in [3.05, 3.63) is 0 Å². The quantitative estimate of drug-likeness (QED) is 0.736. The molecule has 2 atom stereocenters. The first-order valence-electron chi connectivity index (χ1n) is 4.90. The highest BCUT2D eigenvalue weighted by atomic mass is 32.2. The summed E-state index contributed by atoms with van der Waals surface area (Å²) in [7, 11) is 1.44. The summed E-state index contributed by atoms with van der Waals surface area (Å²) in [6.07, 6.45) is 0.339. The maximum atomic E-state index is 11.8. The molecule has 16 heavy (non-hydrogen) atoms. The molecule has 0 bridgehead atoms. The molecule has 1 heterocycles. The largest absolute Gasteiger partial charge is 0.480 e. The number of thioether (sulfide) groups is 1. The Kier molecular flexibility index (Phi) is 4.17. The average molecular weight is 246 g/mol. The predicted octanol–water partition coefficient (Wildman–Crippen LogP) is 0.133. The maximum absolute atomic E-state index is 11.8. The minimum atomic E-state index is -1.03. The van der Waals surface area contributed by atoms with Crippen molar-refractivity contribution in [3.8, 4) is 0 Å². The number of carbonyl (C=O) groups excluding carboxylic acids is 2. The van der Waals surface area contributed by atoms with Gasteiger partial charge in [0, 0.05) is 12.8 Å². The third-order valence-corrected chi connectivity index (χ3v) is 3.34. The zero-order valence-electron chi connectivity index (χ0n) is 9.10. The van der Waals surface area contributed by atoms with Gasteiger partial charge < -0.3 is 15.3 Å². The molecule has 0 aromatic heterocycles. The molecule has 0 saturated carbocycles. The van der Waals surface area contributed by atoms with Gasteiger partial charge in [0.15, 0.2) is 0 Å². The van der Waals surface area contributed by atoms with Crippen molar-refractivity contribution in [3.63, 3.8) is 0 Å². The monoisotopic (exact) mass is 246 g/mol. The van der Waals surface area contributed by atoms with Gasteiger partial charge in [-0.05, 0) is 6.42 Å². The molecule has 2 N–H and O–H groups in total. The topological polar surface area (TPSA) is 86.7 Å². The predicted molar refractivity (Wildman–Crippen MR) is 59.3 cm³/mol. The van der Waals surface area contributed by atoms with Crippen molar-refractivity contribution >= 4 is 28.9 Å². The summed E-state index contributed by atoms with van der Waals surface area (Å²) in [6.45, 7) is 1.70. The Bertz CT molecular complexity index is 321. The molecule has 90 valence electrons. The Balaban J connectivity index is 2.65. The lowest BCUT2D eigenvalue weighted by Gasteiger charge is -2.26. The summed E-state index contributed by atoms with van der Waals surface area (Å²) >= 11 is 1.03. The zero-order valence-corrected chi connectivity index (χ0v) is 9.91. The van der Waals surface area contributed by atoms with E-state index < -0.39 is 18.1 Å². The molecule has 7 heteroatoms. The van der Waals surface area contributed by atoms with Gasteiger partial charge >= 0.3 is 5.97 Å². The van der Waals surface area contributed by atoms with Crippen LogP contribution in [0.25, 0.3) is 0 Å². The van der Waals surface area contributed by atoms with Gasteiger partial charge in [-0.1, -0.05) is 18.7 Å². The lowest BCUT2D eigenvalue weighted by Crippen LogP contribution is -2.50. The first-order chi connectivity index (χ1) is 7.47. The molecule has 1 fully saturated rings. The number of carboxylic acids is 1. The molecular formula is C9H14N2O4S. The minimum Gasteiger partial charge on any atom is -0.480 e. The van der Waals surface area contributed by atoms with E-state index in [4.69, 9.17) is 5.11 Å². The van der Waals surface area contributed by atoms with Crippen LogP contribution in [0.15, 0.2) is 0 Å². The summed E-state index contributed by atoms with van der Waals surface area (Å²) in [6, 6.07) is -1.44. The summed E-state index contributed by atoms with van der Waals surface area (Å²) in [5.74, 6) is -1.03. The van der Waals surface area contributed by atoms with Crippen molar-refractivity contribution in [1.29, 1.82) is 0 Å². The summed E-state index contributed by atoms with van der Waals surface area (Å²) in [5, 5.41) is 11.2. The Morgan fingerprint density at radius 1 is 1.69 bits per heavy atom. The molecule has 6 nitrogen and oxygen atoms in total. The number of nitrogens with zero attached hydrogens (tertiary/aromatic N) is 1. The highest BCUT2D eigenvalue weighted by molar-refractivity contribution is 8.14. The molecule has 2 amide bonds. The lowest BCUT2D eigenvalue weighted by molar-refractivity contribution is -0.149. The number of hydrogen-bond acceptors (Lipinski definition) is 4. The summed E-state index contributed by atoms with van der Waals surface area (Å²) in [4.78, 5) is 34.8. The number of nitrogens with one attached hydrogen (secondary N) is 1. The van der Waals surface area contributed by atoms with Crippen LogP contribution in [0.5, 0.6) is 0 Å². The molecule has 0 aromatic carbocycles. The fraction of sp³-hybridized carbons (Fsp3) is 0.667. The van der Waals surface area contributed by atoms with E-state index in [0.717, 1.165) is 11.8 Å². The molecule has 1 saturated heterocycles. The number of likely N-dealkylation sites (N-methyl/N-ethyl adjacent to an activating group) is 1. The van der Waals surface area contributed by atoms with Gasteiger partial charge in [-0.2, -0.15) is 0 Å². The maximum Gasteiger partial charge on any atom is 0.326 e. The number of rotatable bonds is 4. The molecule has 0 spiro atoms. The zero-order chi connectivity index (χ0) is 12.3. The first kappa shape index (κ1) is 12.8. The lowest BCUT2D eigenvalue weighted by atomic mass is 10.1. The van der Waals surface area contributed by atoms with E-state index >= 15 is 0 Å². The SMILES string of the molecule is CCC(C(=O)O)N(C)C(=O)C1CSC(=O)N1. The van der Waals surface area contributed by atoms with Crippen LogP contribution in [0.3, 0.4) is 0 Å². The van der Waals surface area contributed by atoms with Crippen molar-refractivity contribution in [1.82, 2.24) is 10.2 Å². The molecule has 1 aliphatic heterocycles. The van der Waals surface area contributed by atoms with Crippen LogP contribution < -0.4 is 5.32 Å². The van der Waals surface area contributed by atoms with Crippen LogP contribution in [0.2, 0.25) is 0 Å². The van der Waals surface area contributed by atoms with Gasteiger partial charge in [-0.25, -0.2) is 4.79 Å². The van der Waals surface area contributed by atoms with E-state index in [1.807, 2.05) is 0 Å². The third kappa shape index (κ3) is 2.66. The van der Waals surface area contributed by atoms with Crippen LogP contribution in [0.1, 0.15) is 13.3 Å². The number of amides is 2. The Labute approximate surface area is 97.4 Å². The van der Waals surface area contributed by atoms with Crippen LogP contribution in [0, 0.1) is 0 Å². The van der Waals surface area contributed by atoms with Crippen LogP contribution in [0.4, 0.5) is 4.79 Å². The highest BCUT2D eigenvalue weighted by Gasteiger charge is 2.34. The second kappa shape index (κ2) is 5.20. The van der Waals surface area contributed by atoms with Gasteiger partial charge in [0.1, 0.15) is 12.1 Å². The second-order valence-corrected chi connectivity index (χ2v) is 4.50. The summed E-state index contributed by atoms with van der Waals surface area (Å²) in [5.41, 5.74) is 0. The van der Waals surface area contributed by atoms with E-state index in [9.17, 15) is 14.4 Å². The standard InChI is InChI=1S/C9H14N2O4S/c1-3-6(8(13)14)11(2)7(12)5-4-16-9(15)10-5/h5-6H,3-4H2,1-2H3,(H,10,15)(H,13,14). The minimum absolute atomic E-state index is 0.241. The van der Waals surface area contributed by atoms with Gasteiger partial charge in [-0.3, -0.25) is 9.59 Å². The van der Waals surface area contributed by atoms with Crippen molar-refractivity contribution in [2.45, 2.75) is 25.4 Å². The third-order valence-electron chi connectivity index (χ3n) is 2.46. The highest BCUT2D eigenvalue weighted by Crippen LogP contribution is 2.16. The van der Waals surface area contributed by atoms with Crippen molar-refractivity contribution in [2.75, 3.05) is 12.8 Å². The van der Waals surface area contributed by atoms with E-state index in [-0.39, 0.29) is 11.1 Å². The second-order valence-electron chi connectivity index (χ2n) is 3.51. The van der Waals surface area contributed by atoms with Gasteiger partial charge in [-0.15, -0.1) is 0 Å². The van der Waals surface area contributed by atoms with E-state index in [0.29, 0.717) is 12.2 Å². The number of carboxylic acid groups (broad SMARTS) is 1. The van der Waals surface area contributed by atoms with Gasteiger partial charge in [0.2, 0.25) is 5.91 Å². The Hall–Kier alpha value is -1.24. The van der Waals surface area contributed by atoms with E-state index in [1.54, 1.807) is 6.92 Å². The number of carbonyl (C=O) groups is 3. The molecule has 2 unspecified atom stereocenters. The summed E-state index contributed by atoms with van der Waals surface area (Å²) < 4.78 is 0. The molecular weight excluding hydrogens is 232 g/mol. The Morgan fingerprint density at radius 2 is 2.31 bits per heavy atom. The average Bonchev–Trinajstić information content (AvgIpc) is 2.64. The fourth-order valence-electron chi connectivity index (χ4n) is 1.53. The van der Waals surface area contributed by atoms with E-state index in [2.05, 4.69) is 5.32 Å². The number of hydrogen-bond donors (Lipinski definition) is 2. The number of aliphatic carboxylic acids is 1. The molecule has 1 rings (SSSR count). The molecule has 0 aromatic rings. The first-order valence-corrected chi connectivity index (χ1v) is 5.88. The smallest absolute Gasteiger partial charge is 0.326 e.